The van der Waals surface area contributed by atoms with Crippen molar-refractivity contribution in [3.05, 3.63) is 29.0 Å². The summed E-state index contributed by atoms with van der Waals surface area (Å²) in [5.41, 5.74) is 7.06. The Hall–Kier alpha value is -0.310. The lowest BCUT2D eigenvalue weighted by Gasteiger charge is -2.12. The van der Waals surface area contributed by atoms with E-state index in [1.807, 2.05) is 6.07 Å². The number of hydrogen-bond acceptors (Lipinski definition) is 2. The van der Waals surface area contributed by atoms with Crippen LogP contribution in [0.25, 0.3) is 0 Å². The summed E-state index contributed by atoms with van der Waals surface area (Å²) in [6.45, 7) is 0. The van der Waals surface area contributed by atoms with E-state index >= 15 is 0 Å². The second-order valence-corrected chi connectivity index (χ2v) is 4.09. The third-order valence-corrected chi connectivity index (χ3v) is 2.80. The zero-order valence-corrected chi connectivity index (χ0v) is 9.39. The third kappa shape index (κ3) is 2.84. The maximum absolute atomic E-state index is 6.02. The summed E-state index contributed by atoms with van der Waals surface area (Å²) in [7, 11) is 0. The molecule has 1 atom stereocenters. The zero-order valence-electron chi connectivity index (χ0n) is 7.82. The van der Waals surface area contributed by atoms with Crippen LogP contribution < -0.4 is 5.73 Å². The van der Waals surface area contributed by atoms with Crippen molar-refractivity contribution >= 4 is 24.0 Å². The average Bonchev–Trinajstić information content (AvgIpc) is 2.89. The van der Waals surface area contributed by atoms with Gasteiger partial charge in [-0.15, -0.1) is 12.4 Å². The molecule has 1 saturated carbocycles. The van der Waals surface area contributed by atoms with Crippen LogP contribution in [0.15, 0.2) is 18.5 Å². The van der Waals surface area contributed by atoms with Crippen molar-refractivity contribution < 1.29 is 0 Å². The topological polar surface area (TPSA) is 38.9 Å². The maximum atomic E-state index is 6.02. The van der Waals surface area contributed by atoms with Gasteiger partial charge >= 0.3 is 0 Å². The first kappa shape index (κ1) is 11.8. The highest BCUT2D eigenvalue weighted by molar-refractivity contribution is 6.31. The normalized spacial score (nSPS) is 17.3. The van der Waals surface area contributed by atoms with Crippen LogP contribution in [-0.4, -0.2) is 4.98 Å². The van der Waals surface area contributed by atoms with Gasteiger partial charge in [-0.3, -0.25) is 4.98 Å². The molecule has 4 heteroatoms. The van der Waals surface area contributed by atoms with Crippen molar-refractivity contribution in [2.24, 2.45) is 11.7 Å². The van der Waals surface area contributed by atoms with Gasteiger partial charge in [0, 0.05) is 18.4 Å². The molecule has 0 aliphatic heterocycles. The Labute approximate surface area is 95.3 Å². The Morgan fingerprint density at radius 2 is 2.29 bits per heavy atom. The van der Waals surface area contributed by atoms with Gasteiger partial charge in [0.2, 0.25) is 0 Å². The lowest BCUT2D eigenvalue weighted by molar-refractivity contribution is 0.596. The lowest BCUT2D eigenvalue weighted by Crippen LogP contribution is -2.11. The Kier molecular flexibility index (Phi) is 4.17. The van der Waals surface area contributed by atoms with E-state index in [0.29, 0.717) is 5.02 Å². The van der Waals surface area contributed by atoms with E-state index in [0.717, 1.165) is 17.9 Å². The Bertz CT molecular complexity index is 300. The maximum Gasteiger partial charge on any atom is 0.0637 e. The molecule has 1 aromatic rings. The highest BCUT2D eigenvalue weighted by atomic mass is 35.5. The van der Waals surface area contributed by atoms with E-state index in [4.69, 9.17) is 17.3 Å². The summed E-state index contributed by atoms with van der Waals surface area (Å²) in [6, 6.07) is 2.00. The van der Waals surface area contributed by atoms with E-state index in [1.165, 1.54) is 12.8 Å². The van der Waals surface area contributed by atoms with Gasteiger partial charge in [0.15, 0.2) is 0 Å². The fourth-order valence-corrected chi connectivity index (χ4v) is 1.79. The molecule has 1 heterocycles. The molecular weight excluding hydrogens is 219 g/mol. The minimum absolute atomic E-state index is 0. The van der Waals surface area contributed by atoms with Crippen LogP contribution in [0.3, 0.4) is 0 Å². The highest BCUT2D eigenvalue weighted by Gasteiger charge is 2.25. The number of nitrogens with zero attached hydrogens (tertiary/aromatic N) is 1. The second kappa shape index (κ2) is 4.96. The molecule has 1 aliphatic rings. The highest BCUT2D eigenvalue weighted by Crippen LogP contribution is 2.37. The Balaban J connectivity index is 0.000000980. The quantitative estimate of drug-likeness (QED) is 0.871. The van der Waals surface area contributed by atoms with Gasteiger partial charge in [-0.05, 0) is 24.0 Å². The molecule has 2 rings (SSSR count). The predicted octanol–water partition coefficient (Wildman–Crippen LogP) is 2.96. The molecule has 0 bridgehead atoms. The van der Waals surface area contributed by atoms with Crippen molar-refractivity contribution in [3.63, 3.8) is 0 Å². The van der Waals surface area contributed by atoms with Crippen molar-refractivity contribution in [2.45, 2.75) is 25.3 Å². The minimum atomic E-state index is 0. The fraction of sp³-hybridized carbons (Fsp3) is 0.500. The predicted molar refractivity (Wildman–Crippen MR) is 60.8 cm³/mol. The molecule has 14 heavy (non-hydrogen) atoms. The van der Waals surface area contributed by atoms with Gasteiger partial charge in [0.25, 0.3) is 0 Å². The SMILES string of the molecule is Cl.N[C@H](CC1CC1)c1ccncc1Cl. The Morgan fingerprint density at radius 3 is 2.86 bits per heavy atom. The van der Waals surface area contributed by atoms with Crippen LogP contribution in [0.4, 0.5) is 0 Å². The molecule has 0 unspecified atom stereocenters. The molecule has 78 valence electrons. The number of pyridine rings is 1. The first-order valence-corrected chi connectivity index (χ1v) is 5.00. The average molecular weight is 233 g/mol. The summed E-state index contributed by atoms with van der Waals surface area (Å²) in [6.07, 6.45) is 7.12. The summed E-state index contributed by atoms with van der Waals surface area (Å²) in [5, 5.41) is 0.690. The van der Waals surface area contributed by atoms with Crippen LogP contribution in [0, 0.1) is 5.92 Å². The summed E-state index contributed by atoms with van der Waals surface area (Å²) >= 11 is 5.98. The van der Waals surface area contributed by atoms with Crippen LogP contribution in [-0.2, 0) is 0 Å². The van der Waals surface area contributed by atoms with E-state index < -0.39 is 0 Å². The molecule has 0 aromatic carbocycles. The molecule has 1 aliphatic carbocycles. The fourth-order valence-electron chi connectivity index (χ4n) is 1.53. The smallest absolute Gasteiger partial charge is 0.0637 e. The van der Waals surface area contributed by atoms with E-state index in [-0.39, 0.29) is 18.4 Å². The molecule has 0 spiro atoms. The molecular formula is C10H14Cl2N2. The number of hydrogen-bond donors (Lipinski definition) is 1. The standard InChI is InChI=1S/C10H13ClN2.ClH/c11-9-6-13-4-3-8(9)10(12)5-7-1-2-7;/h3-4,6-7,10H,1-2,5,12H2;1H/t10-;/m1./s1. The summed E-state index contributed by atoms with van der Waals surface area (Å²) in [4.78, 5) is 3.93. The van der Waals surface area contributed by atoms with E-state index in [9.17, 15) is 0 Å². The number of nitrogens with two attached hydrogens (primary N) is 1. The third-order valence-electron chi connectivity index (χ3n) is 2.49. The summed E-state index contributed by atoms with van der Waals surface area (Å²) < 4.78 is 0. The van der Waals surface area contributed by atoms with Gasteiger partial charge in [0.1, 0.15) is 0 Å². The first-order valence-electron chi connectivity index (χ1n) is 4.62. The zero-order chi connectivity index (χ0) is 9.26. The van der Waals surface area contributed by atoms with E-state index in [2.05, 4.69) is 4.98 Å². The molecule has 0 amide bonds. The Morgan fingerprint density at radius 1 is 1.57 bits per heavy atom. The van der Waals surface area contributed by atoms with Crippen molar-refractivity contribution in [1.82, 2.24) is 4.98 Å². The largest absolute Gasteiger partial charge is 0.324 e. The molecule has 1 fully saturated rings. The van der Waals surface area contributed by atoms with Gasteiger partial charge < -0.3 is 5.73 Å². The van der Waals surface area contributed by atoms with Gasteiger partial charge in [-0.25, -0.2) is 0 Å². The lowest BCUT2D eigenvalue weighted by atomic mass is 10.0. The van der Waals surface area contributed by atoms with Crippen LogP contribution in [0.1, 0.15) is 30.9 Å². The van der Waals surface area contributed by atoms with Gasteiger partial charge in [-0.1, -0.05) is 24.4 Å². The van der Waals surface area contributed by atoms with E-state index in [1.54, 1.807) is 12.4 Å². The van der Waals surface area contributed by atoms with Crippen LogP contribution in [0.5, 0.6) is 0 Å². The molecule has 0 radical (unpaired) electrons. The minimum Gasteiger partial charge on any atom is -0.324 e. The molecule has 2 N–H and O–H groups in total. The van der Waals surface area contributed by atoms with Gasteiger partial charge in [0.05, 0.1) is 5.02 Å². The van der Waals surface area contributed by atoms with Crippen molar-refractivity contribution in [2.75, 3.05) is 0 Å². The monoisotopic (exact) mass is 232 g/mol. The number of rotatable bonds is 3. The molecule has 1 aromatic heterocycles. The number of aromatic nitrogens is 1. The van der Waals surface area contributed by atoms with Crippen LogP contribution >= 0.6 is 24.0 Å². The summed E-state index contributed by atoms with van der Waals surface area (Å²) in [5.74, 6) is 0.833. The van der Waals surface area contributed by atoms with Gasteiger partial charge in [-0.2, -0.15) is 0 Å². The van der Waals surface area contributed by atoms with Crippen molar-refractivity contribution in [1.29, 1.82) is 0 Å². The van der Waals surface area contributed by atoms with Crippen molar-refractivity contribution in [3.8, 4) is 0 Å². The first-order chi connectivity index (χ1) is 6.27. The number of halogens is 2. The molecule has 0 saturated heterocycles. The molecule has 2 nitrogen and oxygen atoms in total. The second-order valence-electron chi connectivity index (χ2n) is 3.68. The van der Waals surface area contributed by atoms with Crippen LogP contribution in [0.2, 0.25) is 5.02 Å².